The zero-order valence-corrected chi connectivity index (χ0v) is 9.59. The first-order chi connectivity index (χ1) is 5.68. The average molecular weight is 171 g/mol. The Kier molecular flexibility index (Phi) is 32.7. The van der Waals surface area contributed by atoms with Crippen LogP contribution in [0.25, 0.3) is 0 Å². The molecular weight excluding hydrogens is 146 g/mol. The summed E-state index contributed by atoms with van der Waals surface area (Å²) in [7, 11) is 0. The lowest BCUT2D eigenvalue weighted by molar-refractivity contribution is 0.842. The summed E-state index contributed by atoms with van der Waals surface area (Å²) < 4.78 is 0. The molecule has 0 radical (unpaired) electrons. The van der Waals surface area contributed by atoms with E-state index in [9.17, 15) is 0 Å². The monoisotopic (exact) mass is 171 g/mol. The maximum absolute atomic E-state index is 4.00. The fraction of sp³-hybridized carbons (Fsp3) is 0.727. The molecule has 0 aliphatic heterocycles. The molecule has 12 heavy (non-hydrogen) atoms. The minimum Gasteiger partial charge on any atom is -0.290 e. The first kappa shape index (κ1) is 17.5. The van der Waals surface area contributed by atoms with E-state index in [0.29, 0.717) is 6.04 Å². The number of rotatable bonds is 2. The van der Waals surface area contributed by atoms with Gasteiger partial charge in [-0.1, -0.05) is 46.8 Å². The summed E-state index contributed by atoms with van der Waals surface area (Å²) in [6, 6.07) is 0.401. The number of allylic oxidation sites excluding steroid dienone is 1. The predicted molar refractivity (Wildman–Crippen MR) is 61.1 cm³/mol. The zero-order valence-electron chi connectivity index (χ0n) is 9.59. The molecule has 0 fully saturated rings. The maximum atomic E-state index is 4.00. The van der Waals surface area contributed by atoms with E-state index in [-0.39, 0.29) is 0 Å². The molecule has 0 N–H and O–H groups in total. The largest absolute Gasteiger partial charge is 0.290 e. The van der Waals surface area contributed by atoms with Gasteiger partial charge in [0, 0.05) is 12.3 Å². The first-order valence-electron chi connectivity index (χ1n) is 4.83. The summed E-state index contributed by atoms with van der Waals surface area (Å²) in [6.07, 6.45) is 4.64. The quantitative estimate of drug-likeness (QED) is 0.555. The van der Waals surface area contributed by atoms with Gasteiger partial charge < -0.3 is 0 Å². The van der Waals surface area contributed by atoms with Crippen molar-refractivity contribution in [3.63, 3.8) is 0 Å². The molecule has 0 aliphatic carbocycles. The van der Waals surface area contributed by atoms with Gasteiger partial charge in [-0.15, -0.1) is 0 Å². The Morgan fingerprint density at radius 3 is 1.67 bits per heavy atom. The fourth-order valence-corrected chi connectivity index (χ4v) is 0.233. The molecule has 74 valence electrons. The Labute approximate surface area is 78.6 Å². The summed E-state index contributed by atoms with van der Waals surface area (Å²) in [5.41, 5.74) is 0. The Hall–Kier alpha value is -0.590. The van der Waals surface area contributed by atoms with Crippen LogP contribution in [0.1, 0.15) is 48.0 Å². The molecule has 0 aromatic heterocycles. The standard InChI is InChI=1S/C6H11N.C3H8.C2H6/c1-4-5-7-6(2)3;1-3-2;1-2/h4-6H,1H2,2-3H3;3H2,1-2H3;1-2H3. The van der Waals surface area contributed by atoms with Gasteiger partial charge in [0.2, 0.25) is 0 Å². The third kappa shape index (κ3) is 57.2. The third-order valence-electron chi connectivity index (χ3n) is 0.490. The molecule has 0 rings (SSSR count). The number of hydrogen-bond donors (Lipinski definition) is 0. The minimum absolute atomic E-state index is 0.401. The molecular formula is C11H25N. The van der Waals surface area contributed by atoms with Gasteiger partial charge in [0.1, 0.15) is 0 Å². The summed E-state index contributed by atoms with van der Waals surface area (Å²) >= 11 is 0. The molecule has 0 saturated carbocycles. The van der Waals surface area contributed by atoms with E-state index < -0.39 is 0 Å². The predicted octanol–water partition coefficient (Wildman–Crippen LogP) is 4.09. The Morgan fingerprint density at radius 1 is 1.25 bits per heavy atom. The van der Waals surface area contributed by atoms with Gasteiger partial charge in [0.05, 0.1) is 0 Å². The van der Waals surface area contributed by atoms with Crippen molar-refractivity contribution in [2.24, 2.45) is 4.99 Å². The molecule has 0 bridgehead atoms. The van der Waals surface area contributed by atoms with Crippen molar-refractivity contribution in [2.75, 3.05) is 0 Å². The molecule has 0 amide bonds. The lowest BCUT2D eigenvalue weighted by Gasteiger charge is -1.88. The summed E-state index contributed by atoms with van der Waals surface area (Å²) in [5, 5.41) is 0. The van der Waals surface area contributed by atoms with Gasteiger partial charge in [-0.25, -0.2) is 0 Å². The minimum atomic E-state index is 0.401. The maximum Gasteiger partial charge on any atom is 0.0443 e. The van der Waals surface area contributed by atoms with Crippen LogP contribution in [0.2, 0.25) is 0 Å². The third-order valence-corrected chi connectivity index (χ3v) is 0.490. The average Bonchev–Trinajstić information content (AvgIpc) is 2.06. The van der Waals surface area contributed by atoms with Crippen molar-refractivity contribution in [1.29, 1.82) is 0 Å². The second kappa shape index (κ2) is 22.4. The molecule has 0 unspecified atom stereocenters. The Bertz CT molecular complexity index is 83.0. The second-order valence-electron chi connectivity index (χ2n) is 2.33. The number of hydrogen-bond acceptors (Lipinski definition) is 1. The van der Waals surface area contributed by atoms with Crippen molar-refractivity contribution < 1.29 is 0 Å². The first-order valence-corrected chi connectivity index (χ1v) is 4.83. The lowest BCUT2D eigenvalue weighted by atomic mass is 10.4. The molecule has 0 heterocycles. The lowest BCUT2D eigenvalue weighted by Crippen LogP contribution is -1.85. The Balaban J connectivity index is -0.000000137. The van der Waals surface area contributed by atoms with Crippen molar-refractivity contribution in [3.05, 3.63) is 12.7 Å². The van der Waals surface area contributed by atoms with Crippen molar-refractivity contribution in [3.8, 4) is 0 Å². The van der Waals surface area contributed by atoms with Crippen LogP contribution in [0.15, 0.2) is 17.6 Å². The normalized spacial score (nSPS) is 8.25. The molecule has 0 spiro atoms. The van der Waals surface area contributed by atoms with Crippen molar-refractivity contribution >= 4 is 6.21 Å². The van der Waals surface area contributed by atoms with Crippen LogP contribution in [0.4, 0.5) is 0 Å². The van der Waals surface area contributed by atoms with Crippen LogP contribution in [-0.2, 0) is 0 Å². The Morgan fingerprint density at radius 2 is 1.58 bits per heavy atom. The molecule has 0 aromatic rings. The van der Waals surface area contributed by atoms with Gasteiger partial charge in [-0.05, 0) is 13.8 Å². The van der Waals surface area contributed by atoms with Gasteiger partial charge in [-0.3, -0.25) is 4.99 Å². The van der Waals surface area contributed by atoms with Gasteiger partial charge in [0.25, 0.3) is 0 Å². The van der Waals surface area contributed by atoms with Crippen LogP contribution in [0, 0.1) is 0 Å². The van der Waals surface area contributed by atoms with E-state index in [2.05, 4.69) is 25.4 Å². The SMILES string of the molecule is C=CC=NC(C)C.CC.CCC. The highest BCUT2D eigenvalue weighted by Crippen LogP contribution is 1.81. The van der Waals surface area contributed by atoms with Gasteiger partial charge >= 0.3 is 0 Å². The summed E-state index contributed by atoms with van der Waals surface area (Å²) in [6.45, 7) is 15.8. The molecule has 1 heteroatoms. The van der Waals surface area contributed by atoms with Crippen LogP contribution >= 0.6 is 0 Å². The molecule has 0 aliphatic rings. The highest BCUT2D eigenvalue weighted by atomic mass is 14.7. The smallest absolute Gasteiger partial charge is 0.0443 e. The number of aliphatic imine (C=N–C) groups is 1. The molecule has 0 atom stereocenters. The van der Waals surface area contributed by atoms with Crippen molar-refractivity contribution in [1.82, 2.24) is 0 Å². The van der Waals surface area contributed by atoms with Crippen LogP contribution in [0.5, 0.6) is 0 Å². The van der Waals surface area contributed by atoms with Crippen LogP contribution in [0.3, 0.4) is 0 Å². The van der Waals surface area contributed by atoms with E-state index in [1.165, 1.54) is 6.42 Å². The molecule has 1 nitrogen and oxygen atoms in total. The van der Waals surface area contributed by atoms with E-state index in [1.807, 2.05) is 27.7 Å². The van der Waals surface area contributed by atoms with Crippen LogP contribution < -0.4 is 0 Å². The fourth-order valence-electron chi connectivity index (χ4n) is 0.233. The number of nitrogens with zero attached hydrogens (tertiary/aromatic N) is 1. The molecule has 0 aromatic carbocycles. The van der Waals surface area contributed by atoms with Crippen LogP contribution in [-0.4, -0.2) is 12.3 Å². The highest BCUT2D eigenvalue weighted by Gasteiger charge is 1.77. The van der Waals surface area contributed by atoms with E-state index >= 15 is 0 Å². The molecule has 0 saturated heterocycles. The summed E-state index contributed by atoms with van der Waals surface area (Å²) in [4.78, 5) is 4.00. The van der Waals surface area contributed by atoms with E-state index in [1.54, 1.807) is 12.3 Å². The van der Waals surface area contributed by atoms with E-state index in [4.69, 9.17) is 0 Å². The van der Waals surface area contributed by atoms with Crippen molar-refractivity contribution in [2.45, 2.75) is 54.0 Å². The van der Waals surface area contributed by atoms with Gasteiger partial charge in [-0.2, -0.15) is 0 Å². The summed E-state index contributed by atoms with van der Waals surface area (Å²) in [5.74, 6) is 0. The zero-order chi connectivity index (χ0) is 10.4. The topological polar surface area (TPSA) is 12.4 Å². The second-order valence-corrected chi connectivity index (χ2v) is 2.33. The highest BCUT2D eigenvalue weighted by molar-refractivity contribution is 5.70. The van der Waals surface area contributed by atoms with E-state index in [0.717, 1.165) is 0 Å². The van der Waals surface area contributed by atoms with Gasteiger partial charge in [0.15, 0.2) is 0 Å².